The van der Waals surface area contributed by atoms with Gasteiger partial charge in [-0.1, -0.05) is 28.1 Å². The summed E-state index contributed by atoms with van der Waals surface area (Å²) in [5, 5.41) is 3.77. The highest BCUT2D eigenvalue weighted by atomic mass is 79.9. The monoisotopic (exact) mass is 329 g/mol. The number of benzene rings is 1. The van der Waals surface area contributed by atoms with Crippen LogP contribution < -0.4 is 5.32 Å². The number of halogens is 2. The van der Waals surface area contributed by atoms with Gasteiger partial charge >= 0.3 is 0 Å². The lowest BCUT2D eigenvalue weighted by atomic mass is 9.92. The van der Waals surface area contributed by atoms with Crippen LogP contribution in [0.15, 0.2) is 24.3 Å². The molecule has 0 bridgehead atoms. The number of hydrogen-bond acceptors (Lipinski definition) is 2. The molecular formula is C14H17BrFNO2. The fourth-order valence-corrected chi connectivity index (χ4v) is 2.93. The van der Waals surface area contributed by atoms with Crippen molar-refractivity contribution in [2.45, 2.75) is 24.8 Å². The first-order valence-corrected chi connectivity index (χ1v) is 7.45. The molecule has 1 amide bonds. The molecule has 0 unspecified atom stereocenters. The predicted molar refractivity (Wildman–Crippen MR) is 74.8 cm³/mol. The quantitative estimate of drug-likeness (QED) is 0.861. The normalized spacial score (nSPS) is 18.0. The molecule has 1 saturated heterocycles. The maximum atomic E-state index is 13.1. The van der Waals surface area contributed by atoms with E-state index >= 15 is 0 Å². The van der Waals surface area contributed by atoms with E-state index in [-0.39, 0.29) is 23.7 Å². The van der Waals surface area contributed by atoms with Gasteiger partial charge in [0.15, 0.2) is 0 Å². The second kappa shape index (κ2) is 6.48. The summed E-state index contributed by atoms with van der Waals surface area (Å²) in [6, 6.07) is 6.14. The van der Waals surface area contributed by atoms with Gasteiger partial charge in [-0.3, -0.25) is 4.79 Å². The molecule has 1 fully saturated rings. The predicted octanol–water partition coefficient (Wildman–Crippen LogP) is 2.43. The Labute approximate surface area is 120 Å². The van der Waals surface area contributed by atoms with Gasteiger partial charge in [-0.2, -0.15) is 0 Å². The summed E-state index contributed by atoms with van der Waals surface area (Å²) in [6.45, 7) is 1.32. The van der Waals surface area contributed by atoms with E-state index in [9.17, 15) is 9.18 Å². The maximum Gasteiger partial charge on any atom is 0.224 e. The van der Waals surface area contributed by atoms with Gasteiger partial charge in [-0.15, -0.1) is 0 Å². The average Bonchev–Trinajstić information content (AvgIpc) is 2.39. The summed E-state index contributed by atoms with van der Waals surface area (Å²) in [7, 11) is 0. The van der Waals surface area contributed by atoms with Crippen LogP contribution >= 0.6 is 15.9 Å². The zero-order chi connectivity index (χ0) is 13.7. The molecule has 1 aliphatic rings. The third kappa shape index (κ3) is 4.01. The van der Waals surface area contributed by atoms with E-state index in [4.69, 9.17) is 4.74 Å². The Morgan fingerprint density at radius 1 is 1.42 bits per heavy atom. The first-order valence-electron chi connectivity index (χ1n) is 6.33. The molecule has 1 heterocycles. The van der Waals surface area contributed by atoms with E-state index in [0.717, 1.165) is 12.8 Å². The molecule has 104 valence electrons. The van der Waals surface area contributed by atoms with E-state index in [1.54, 1.807) is 12.1 Å². The molecule has 0 aromatic heterocycles. The molecule has 0 atom stereocenters. The van der Waals surface area contributed by atoms with Crippen LogP contribution in [0.2, 0.25) is 0 Å². The van der Waals surface area contributed by atoms with Crippen LogP contribution in [0.25, 0.3) is 0 Å². The van der Waals surface area contributed by atoms with Gasteiger partial charge < -0.3 is 10.1 Å². The molecule has 0 radical (unpaired) electrons. The second-order valence-corrected chi connectivity index (χ2v) is 5.44. The third-order valence-corrected chi connectivity index (χ3v) is 4.44. The largest absolute Gasteiger partial charge is 0.381 e. The second-order valence-electron chi connectivity index (χ2n) is 4.88. The molecule has 1 aromatic rings. The molecule has 5 heteroatoms. The van der Waals surface area contributed by atoms with Gasteiger partial charge in [0.25, 0.3) is 0 Å². The molecule has 19 heavy (non-hydrogen) atoms. The van der Waals surface area contributed by atoms with Crippen LogP contribution in [-0.2, 0) is 16.0 Å². The van der Waals surface area contributed by atoms with Gasteiger partial charge in [-0.05, 0) is 30.5 Å². The number of amides is 1. The van der Waals surface area contributed by atoms with Crippen molar-refractivity contribution < 1.29 is 13.9 Å². The van der Waals surface area contributed by atoms with Gasteiger partial charge in [0.05, 0.1) is 12.0 Å². The molecule has 3 nitrogen and oxygen atoms in total. The van der Waals surface area contributed by atoms with Crippen molar-refractivity contribution in [3.63, 3.8) is 0 Å². The molecule has 0 spiro atoms. The van der Waals surface area contributed by atoms with E-state index < -0.39 is 0 Å². The minimum atomic E-state index is -0.313. The SMILES string of the molecule is O=C(Cc1cccc(F)c1)NC1(CBr)CCOCC1. The van der Waals surface area contributed by atoms with E-state index in [1.165, 1.54) is 12.1 Å². The zero-order valence-electron chi connectivity index (χ0n) is 10.6. The molecule has 2 rings (SSSR count). The molecular weight excluding hydrogens is 313 g/mol. The standard InChI is InChI=1S/C14H17BrFNO2/c15-10-14(4-6-19-7-5-14)17-13(18)9-11-2-1-3-12(16)8-11/h1-3,8H,4-7,9-10H2,(H,17,18). The maximum absolute atomic E-state index is 13.1. The fourth-order valence-electron chi connectivity index (χ4n) is 2.23. The van der Waals surface area contributed by atoms with Crippen LogP contribution in [0.4, 0.5) is 4.39 Å². The Hall–Kier alpha value is -0.940. The number of hydrogen-bond donors (Lipinski definition) is 1. The number of rotatable bonds is 4. The number of carbonyl (C=O) groups is 1. The van der Waals surface area contributed by atoms with Crippen molar-refractivity contribution in [1.82, 2.24) is 5.32 Å². The highest BCUT2D eigenvalue weighted by Crippen LogP contribution is 2.23. The van der Waals surface area contributed by atoms with Crippen LogP contribution in [0.5, 0.6) is 0 Å². The van der Waals surface area contributed by atoms with Gasteiger partial charge in [0.2, 0.25) is 5.91 Å². The number of nitrogens with one attached hydrogen (secondary N) is 1. The summed E-state index contributed by atoms with van der Waals surface area (Å²) in [4.78, 5) is 12.1. The van der Waals surface area contributed by atoms with Crippen molar-refractivity contribution in [3.05, 3.63) is 35.6 Å². The van der Waals surface area contributed by atoms with Crippen LogP contribution in [0.3, 0.4) is 0 Å². The summed E-state index contributed by atoms with van der Waals surface area (Å²) >= 11 is 3.46. The van der Waals surface area contributed by atoms with Gasteiger partial charge in [-0.25, -0.2) is 4.39 Å². The summed E-state index contributed by atoms with van der Waals surface area (Å²) in [5.74, 6) is -0.390. The molecule has 1 N–H and O–H groups in total. The molecule has 0 saturated carbocycles. The lowest BCUT2D eigenvalue weighted by molar-refractivity contribution is -0.123. The van der Waals surface area contributed by atoms with E-state index in [0.29, 0.717) is 24.1 Å². The van der Waals surface area contributed by atoms with Crippen LogP contribution in [0, 0.1) is 5.82 Å². The zero-order valence-corrected chi connectivity index (χ0v) is 12.2. The molecule has 0 aliphatic carbocycles. The molecule has 1 aromatic carbocycles. The number of carbonyl (C=O) groups excluding carboxylic acids is 1. The smallest absolute Gasteiger partial charge is 0.224 e. The lowest BCUT2D eigenvalue weighted by Gasteiger charge is -2.36. The molecule has 1 aliphatic heterocycles. The van der Waals surface area contributed by atoms with Crippen LogP contribution in [-0.4, -0.2) is 30.0 Å². The van der Waals surface area contributed by atoms with Crippen molar-refractivity contribution in [3.8, 4) is 0 Å². The lowest BCUT2D eigenvalue weighted by Crippen LogP contribution is -2.53. The van der Waals surface area contributed by atoms with Crippen molar-refractivity contribution in [2.24, 2.45) is 0 Å². The van der Waals surface area contributed by atoms with E-state index in [1.807, 2.05) is 0 Å². The van der Waals surface area contributed by atoms with Crippen molar-refractivity contribution in [1.29, 1.82) is 0 Å². The topological polar surface area (TPSA) is 38.3 Å². The Balaban J connectivity index is 1.96. The minimum Gasteiger partial charge on any atom is -0.381 e. The Kier molecular flexibility index (Phi) is 4.93. The van der Waals surface area contributed by atoms with Crippen LogP contribution in [0.1, 0.15) is 18.4 Å². The third-order valence-electron chi connectivity index (χ3n) is 3.36. The van der Waals surface area contributed by atoms with Gasteiger partial charge in [0, 0.05) is 18.5 Å². The Morgan fingerprint density at radius 2 is 2.16 bits per heavy atom. The summed E-state index contributed by atoms with van der Waals surface area (Å²) in [5.41, 5.74) is 0.456. The summed E-state index contributed by atoms with van der Waals surface area (Å²) < 4.78 is 18.4. The van der Waals surface area contributed by atoms with Crippen molar-refractivity contribution in [2.75, 3.05) is 18.5 Å². The first-order chi connectivity index (χ1) is 9.13. The Bertz CT molecular complexity index is 447. The fraction of sp³-hybridized carbons (Fsp3) is 0.500. The van der Waals surface area contributed by atoms with Gasteiger partial charge in [0.1, 0.15) is 5.82 Å². The van der Waals surface area contributed by atoms with E-state index in [2.05, 4.69) is 21.2 Å². The minimum absolute atomic E-state index is 0.0769. The highest BCUT2D eigenvalue weighted by molar-refractivity contribution is 9.09. The van der Waals surface area contributed by atoms with Crippen molar-refractivity contribution >= 4 is 21.8 Å². The number of ether oxygens (including phenoxy) is 1. The average molecular weight is 330 g/mol. The number of alkyl halides is 1. The first kappa shape index (κ1) is 14.5. The summed E-state index contributed by atoms with van der Waals surface area (Å²) in [6.07, 6.45) is 1.80. The highest BCUT2D eigenvalue weighted by Gasteiger charge is 2.32. The Morgan fingerprint density at radius 3 is 2.79 bits per heavy atom.